The van der Waals surface area contributed by atoms with Crippen molar-refractivity contribution in [1.29, 1.82) is 0 Å². The van der Waals surface area contributed by atoms with E-state index >= 15 is 0 Å². The summed E-state index contributed by atoms with van der Waals surface area (Å²) in [5.41, 5.74) is 3.84. The number of nitrogens with one attached hydrogen (secondary N) is 1. The normalized spacial score (nSPS) is 10.2. The predicted molar refractivity (Wildman–Crippen MR) is 81.0 cm³/mol. The van der Waals surface area contributed by atoms with Crippen molar-refractivity contribution in [3.63, 3.8) is 0 Å². The van der Waals surface area contributed by atoms with Crippen LogP contribution < -0.4 is 10.1 Å². The zero-order valence-corrected chi connectivity index (χ0v) is 11.6. The second-order valence-electron chi connectivity index (χ2n) is 4.71. The molecule has 100 valence electrons. The van der Waals surface area contributed by atoms with E-state index in [0.29, 0.717) is 0 Å². The van der Waals surface area contributed by atoms with E-state index < -0.39 is 0 Å². The molecule has 2 rings (SSSR count). The van der Waals surface area contributed by atoms with E-state index in [1.807, 2.05) is 30.3 Å². The highest BCUT2D eigenvalue weighted by Gasteiger charge is 2.00. The molecule has 1 N–H and O–H groups in total. The first-order chi connectivity index (χ1) is 9.27. The Bertz CT molecular complexity index is 488. The van der Waals surface area contributed by atoms with Gasteiger partial charge in [0, 0.05) is 12.2 Å². The number of aryl methyl sites for hydroxylation is 2. The van der Waals surface area contributed by atoms with Crippen molar-refractivity contribution >= 4 is 5.69 Å². The predicted octanol–water partition coefficient (Wildman–Crippen LogP) is 4.18. The third-order valence-corrected chi connectivity index (χ3v) is 3.12. The van der Waals surface area contributed by atoms with E-state index in [4.69, 9.17) is 4.74 Å². The highest BCUT2D eigenvalue weighted by Crippen LogP contribution is 2.19. The summed E-state index contributed by atoms with van der Waals surface area (Å²) in [4.78, 5) is 0. The van der Waals surface area contributed by atoms with Crippen LogP contribution in [0.3, 0.4) is 0 Å². The van der Waals surface area contributed by atoms with Crippen LogP contribution in [0.15, 0.2) is 48.5 Å². The molecular formula is C17H21NO. The molecule has 0 aromatic heterocycles. The molecule has 0 fully saturated rings. The Morgan fingerprint density at radius 3 is 2.26 bits per heavy atom. The summed E-state index contributed by atoms with van der Waals surface area (Å²) in [6.45, 7) is 5.94. The van der Waals surface area contributed by atoms with Crippen LogP contribution in [0.5, 0.6) is 5.75 Å². The van der Waals surface area contributed by atoms with Crippen LogP contribution in [0.4, 0.5) is 5.69 Å². The molecule has 0 aliphatic heterocycles. The number of hydrogen-bond donors (Lipinski definition) is 1. The van der Waals surface area contributed by atoms with Gasteiger partial charge >= 0.3 is 0 Å². The van der Waals surface area contributed by atoms with Crippen LogP contribution in [0.1, 0.15) is 17.5 Å². The van der Waals surface area contributed by atoms with Crippen LogP contribution in [-0.2, 0) is 0 Å². The molecule has 2 heteroatoms. The minimum atomic E-state index is 0.738. The van der Waals surface area contributed by atoms with Crippen molar-refractivity contribution in [1.82, 2.24) is 0 Å². The van der Waals surface area contributed by atoms with Gasteiger partial charge in [-0.2, -0.15) is 0 Å². The lowest BCUT2D eigenvalue weighted by Crippen LogP contribution is -2.09. The molecule has 0 bridgehead atoms. The van der Waals surface area contributed by atoms with Crippen molar-refractivity contribution in [3.8, 4) is 5.75 Å². The number of anilines is 1. The lowest BCUT2D eigenvalue weighted by atomic mass is 10.1. The smallest absolute Gasteiger partial charge is 0.119 e. The Labute approximate surface area is 115 Å². The van der Waals surface area contributed by atoms with Crippen LogP contribution >= 0.6 is 0 Å². The summed E-state index contributed by atoms with van der Waals surface area (Å²) in [5, 5.41) is 3.49. The standard InChI is InChI=1S/C17H21NO/c1-14-8-6-9-15(2)17(14)18-12-7-13-19-16-10-4-3-5-11-16/h3-6,8-11,18H,7,12-13H2,1-2H3. The molecular weight excluding hydrogens is 234 g/mol. The molecule has 0 radical (unpaired) electrons. The fourth-order valence-corrected chi connectivity index (χ4v) is 2.09. The molecule has 0 heterocycles. The van der Waals surface area contributed by atoms with Crippen LogP contribution in [0.2, 0.25) is 0 Å². The zero-order valence-electron chi connectivity index (χ0n) is 11.6. The SMILES string of the molecule is Cc1cccc(C)c1NCCCOc1ccccc1. The molecule has 0 spiro atoms. The second-order valence-corrected chi connectivity index (χ2v) is 4.71. The number of para-hydroxylation sites is 2. The summed E-state index contributed by atoms with van der Waals surface area (Å²) in [6.07, 6.45) is 0.989. The van der Waals surface area contributed by atoms with Crippen LogP contribution in [-0.4, -0.2) is 13.2 Å². The molecule has 0 unspecified atom stereocenters. The summed E-state index contributed by atoms with van der Waals surface area (Å²) in [5.74, 6) is 0.939. The fourth-order valence-electron chi connectivity index (χ4n) is 2.09. The highest BCUT2D eigenvalue weighted by atomic mass is 16.5. The van der Waals surface area contributed by atoms with Crippen LogP contribution in [0.25, 0.3) is 0 Å². The Morgan fingerprint density at radius 2 is 1.58 bits per heavy atom. The van der Waals surface area contributed by atoms with Crippen molar-refractivity contribution in [2.24, 2.45) is 0 Å². The summed E-state index contributed by atoms with van der Waals surface area (Å²) in [7, 11) is 0. The van der Waals surface area contributed by atoms with Gasteiger partial charge in [0.15, 0.2) is 0 Å². The Morgan fingerprint density at radius 1 is 0.895 bits per heavy atom. The highest BCUT2D eigenvalue weighted by molar-refractivity contribution is 5.56. The van der Waals surface area contributed by atoms with E-state index in [0.717, 1.165) is 25.3 Å². The van der Waals surface area contributed by atoms with Gasteiger partial charge in [-0.1, -0.05) is 36.4 Å². The zero-order chi connectivity index (χ0) is 13.5. The van der Waals surface area contributed by atoms with E-state index in [1.165, 1.54) is 16.8 Å². The molecule has 0 aliphatic carbocycles. The second kappa shape index (κ2) is 6.83. The largest absolute Gasteiger partial charge is 0.494 e. The van der Waals surface area contributed by atoms with Gasteiger partial charge in [0.25, 0.3) is 0 Å². The van der Waals surface area contributed by atoms with E-state index in [-0.39, 0.29) is 0 Å². The average molecular weight is 255 g/mol. The maximum atomic E-state index is 5.66. The van der Waals surface area contributed by atoms with Gasteiger partial charge in [-0.05, 0) is 43.5 Å². The molecule has 2 nitrogen and oxygen atoms in total. The van der Waals surface area contributed by atoms with Crippen molar-refractivity contribution in [2.45, 2.75) is 20.3 Å². The minimum Gasteiger partial charge on any atom is -0.494 e. The molecule has 0 aliphatic rings. The molecule has 0 saturated carbocycles. The Hall–Kier alpha value is -1.96. The number of hydrogen-bond acceptors (Lipinski definition) is 2. The first kappa shape index (κ1) is 13.5. The number of rotatable bonds is 6. The quantitative estimate of drug-likeness (QED) is 0.782. The fraction of sp³-hybridized carbons (Fsp3) is 0.294. The topological polar surface area (TPSA) is 21.3 Å². The minimum absolute atomic E-state index is 0.738. The maximum absolute atomic E-state index is 5.66. The van der Waals surface area contributed by atoms with E-state index in [2.05, 4.69) is 37.4 Å². The summed E-state index contributed by atoms with van der Waals surface area (Å²) in [6, 6.07) is 16.3. The van der Waals surface area contributed by atoms with E-state index in [1.54, 1.807) is 0 Å². The lowest BCUT2D eigenvalue weighted by molar-refractivity contribution is 0.315. The molecule has 0 amide bonds. The van der Waals surface area contributed by atoms with Crippen molar-refractivity contribution < 1.29 is 4.74 Å². The molecule has 0 atom stereocenters. The average Bonchev–Trinajstić information content (AvgIpc) is 2.42. The van der Waals surface area contributed by atoms with Crippen LogP contribution in [0, 0.1) is 13.8 Å². The lowest BCUT2D eigenvalue weighted by Gasteiger charge is -2.12. The summed E-state index contributed by atoms with van der Waals surface area (Å²) >= 11 is 0. The van der Waals surface area contributed by atoms with Gasteiger partial charge in [-0.25, -0.2) is 0 Å². The van der Waals surface area contributed by atoms with Gasteiger partial charge in [0.2, 0.25) is 0 Å². The third-order valence-electron chi connectivity index (χ3n) is 3.12. The number of benzene rings is 2. The molecule has 2 aromatic rings. The van der Waals surface area contributed by atoms with Gasteiger partial charge in [-0.15, -0.1) is 0 Å². The van der Waals surface area contributed by atoms with Gasteiger partial charge in [0.05, 0.1) is 6.61 Å². The molecule has 2 aromatic carbocycles. The van der Waals surface area contributed by atoms with Gasteiger partial charge < -0.3 is 10.1 Å². The summed E-state index contributed by atoms with van der Waals surface area (Å²) < 4.78 is 5.66. The monoisotopic (exact) mass is 255 g/mol. The number of ether oxygens (including phenoxy) is 1. The van der Waals surface area contributed by atoms with Crippen molar-refractivity contribution in [3.05, 3.63) is 59.7 Å². The molecule has 19 heavy (non-hydrogen) atoms. The van der Waals surface area contributed by atoms with Crippen molar-refractivity contribution in [2.75, 3.05) is 18.5 Å². The Kier molecular flexibility index (Phi) is 4.85. The van der Waals surface area contributed by atoms with Gasteiger partial charge in [0.1, 0.15) is 5.75 Å². The molecule has 0 saturated heterocycles. The van der Waals surface area contributed by atoms with Gasteiger partial charge in [-0.3, -0.25) is 0 Å². The first-order valence-electron chi connectivity index (χ1n) is 6.75. The maximum Gasteiger partial charge on any atom is 0.119 e. The first-order valence-corrected chi connectivity index (χ1v) is 6.75. The third kappa shape index (κ3) is 4.02. The van der Waals surface area contributed by atoms with E-state index in [9.17, 15) is 0 Å². The Balaban J connectivity index is 1.73.